The Bertz CT molecular complexity index is 442. The van der Waals surface area contributed by atoms with Crippen LogP contribution in [-0.4, -0.2) is 31.3 Å². The lowest BCUT2D eigenvalue weighted by Crippen LogP contribution is -2.43. The molecule has 0 fully saturated rings. The Kier molecular flexibility index (Phi) is 5.73. The highest BCUT2D eigenvalue weighted by molar-refractivity contribution is 5.87. The van der Waals surface area contributed by atoms with Gasteiger partial charge in [0.15, 0.2) is 0 Å². The van der Waals surface area contributed by atoms with Crippen molar-refractivity contribution in [3.05, 3.63) is 47.5 Å². The van der Waals surface area contributed by atoms with Crippen LogP contribution in [0.2, 0.25) is 0 Å². The molecular formula is C15H21NO3. The fraction of sp³-hybridized carbons (Fsp3) is 0.400. The molecule has 0 bridgehead atoms. The summed E-state index contributed by atoms with van der Waals surface area (Å²) >= 11 is 0. The molecular weight excluding hydrogens is 242 g/mol. The van der Waals surface area contributed by atoms with Gasteiger partial charge in [-0.25, -0.2) is 4.79 Å². The molecule has 0 aromatic heterocycles. The number of aliphatic hydroxyl groups is 1. The van der Waals surface area contributed by atoms with Gasteiger partial charge in [0.1, 0.15) is 0 Å². The van der Waals surface area contributed by atoms with E-state index in [0.29, 0.717) is 12.1 Å². The summed E-state index contributed by atoms with van der Waals surface area (Å²) in [6.45, 7) is 4.07. The molecule has 0 spiro atoms. The van der Waals surface area contributed by atoms with Gasteiger partial charge in [-0.05, 0) is 19.4 Å². The van der Waals surface area contributed by atoms with Crippen molar-refractivity contribution < 1.29 is 14.6 Å². The minimum atomic E-state index is -0.534. The van der Waals surface area contributed by atoms with E-state index in [1.54, 1.807) is 13.0 Å². The third-order valence-electron chi connectivity index (χ3n) is 3.13. The Labute approximate surface area is 114 Å². The first-order valence-corrected chi connectivity index (χ1v) is 6.20. The predicted molar refractivity (Wildman–Crippen MR) is 74.7 cm³/mol. The smallest absolute Gasteiger partial charge is 0.333 e. The molecule has 2 N–H and O–H groups in total. The third-order valence-corrected chi connectivity index (χ3v) is 3.13. The summed E-state index contributed by atoms with van der Waals surface area (Å²) in [5.74, 6) is -0.341. The van der Waals surface area contributed by atoms with Gasteiger partial charge in [-0.2, -0.15) is 0 Å². The Morgan fingerprint density at radius 1 is 1.42 bits per heavy atom. The van der Waals surface area contributed by atoms with Crippen LogP contribution in [0.3, 0.4) is 0 Å². The molecule has 4 nitrogen and oxygen atoms in total. The van der Waals surface area contributed by atoms with E-state index in [2.05, 4.69) is 10.1 Å². The van der Waals surface area contributed by atoms with Gasteiger partial charge in [0, 0.05) is 12.1 Å². The fourth-order valence-corrected chi connectivity index (χ4v) is 1.73. The van der Waals surface area contributed by atoms with Gasteiger partial charge < -0.3 is 15.2 Å². The molecule has 0 heterocycles. The monoisotopic (exact) mass is 263 g/mol. The zero-order valence-electron chi connectivity index (χ0n) is 11.6. The Morgan fingerprint density at radius 3 is 2.58 bits per heavy atom. The number of carbonyl (C=O) groups is 1. The first kappa shape index (κ1) is 15.4. The van der Waals surface area contributed by atoms with Crippen molar-refractivity contribution in [1.82, 2.24) is 5.32 Å². The van der Waals surface area contributed by atoms with Crippen molar-refractivity contribution >= 4 is 5.97 Å². The van der Waals surface area contributed by atoms with Crippen LogP contribution in [0.15, 0.2) is 42.0 Å². The maximum atomic E-state index is 11.2. The molecule has 1 rings (SSSR count). The number of methoxy groups -OCH3 is 1. The van der Waals surface area contributed by atoms with Crippen molar-refractivity contribution in [2.45, 2.75) is 19.4 Å². The lowest BCUT2D eigenvalue weighted by atomic mass is 9.93. The van der Waals surface area contributed by atoms with Crippen LogP contribution in [-0.2, 0) is 15.1 Å². The van der Waals surface area contributed by atoms with Crippen molar-refractivity contribution in [3.63, 3.8) is 0 Å². The molecule has 0 saturated carbocycles. The second-order valence-electron chi connectivity index (χ2n) is 4.62. The molecule has 104 valence electrons. The molecule has 0 amide bonds. The highest BCUT2D eigenvalue weighted by Crippen LogP contribution is 2.19. The average molecular weight is 263 g/mol. The topological polar surface area (TPSA) is 58.6 Å². The first-order chi connectivity index (χ1) is 9.03. The number of esters is 1. The van der Waals surface area contributed by atoms with Crippen molar-refractivity contribution in [2.75, 3.05) is 20.3 Å². The van der Waals surface area contributed by atoms with Crippen LogP contribution >= 0.6 is 0 Å². The lowest BCUT2D eigenvalue weighted by Gasteiger charge is -2.29. The van der Waals surface area contributed by atoms with Crippen molar-refractivity contribution in [3.8, 4) is 0 Å². The average Bonchev–Trinajstić information content (AvgIpc) is 2.46. The number of benzene rings is 1. The highest BCUT2D eigenvalue weighted by Gasteiger charge is 2.24. The van der Waals surface area contributed by atoms with E-state index in [-0.39, 0.29) is 12.6 Å². The molecule has 0 aliphatic heterocycles. The zero-order valence-corrected chi connectivity index (χ0v) is 11.6. The second-order valence-corrected chi connectivity index (χ2v) is 4.62. The molecule has 4 heteroatoms. The quantitative estimate of drug-likeness (QED) is 0.604. The molecule has 0 aliphatic rings. The molecule has 1 atom stereocenters. The van der Waals surface area contributed by atoms with E-state index < -0.39 is 5.54 Å². The highest BCUT2D eigenvalue weighted by atomic mass is 16.5. The maximum absolute atomic E-state index is 11.2. The van der Waals surface area contributed by atoms with Crippen LogP contribution in [0.25, 0.3) is 0 Å². The van der Waals surface area contributed by atoms with Crippen molar-refractivity contribution in [2.24, 2.45) is 0 Å². The molecule has 1 unspecified atom stereocenters. The van der Waals surface area contributed by atoms with Gasteiger partial charge in [-0.3, -0.25) is 0 Å². The molecule has 0 aliphatic carbocycles. The van der Waals surface area contributed by atoms with Gasteiger partial charge in [0.2, 0.25) is 0 Å². The van der Waals surface area contributed by atoms with Crippen LogP contribution in [0.1, 0.15) is 19.4 Å². The summed E-state index contributed by atoms with van der Waals surface area (Å²) in [6.07, 6.45) is 1.75. The van der Waals surface area contributed by atoms with Crippen molar-refractivity contribution in [1.29, 1.82) is 0 Å². The van der Waals surface area contributed by atoms with E-state index in [4.69, 9.17) is 0 Å². The Morgan fingerprint density at radius 2 is 2.05 bits per heavy atom. The summed E-state index contributed by atoms with van der Waals surface area (Å²) in [5, 5.41) is 12.8. The number of carbonyl (C=O) groups excluding carboxylic acids is 1. The minimum absolute atomic E-state index is 0.0257. The number of nitrogens with one attached hydrogen (secondary N) is 1. The number of ether oxygens (including phenoxy) is 1. The normalized spacial score (nSPS) is 14.8. The summed E-state index contributed by atoms with van der Waals surface area (Å²) in [5.41, 5.74) is 1.01. The third kappa shape index (κ3) is 4.19. The van der Waals surface area contributed by atoms with Gasteiger partial charge in [-0.1, -0.05) is 36.4 Å². The van der Waals surface area contributed by atoms with E-state index >= 15 is 0 Å². The first-order valence-electron chi connectivity index (χ1n) is 6.20. The van der Waals surface area contributed by atoms with E-state index in [0.717, 1.165) is 5.56 Å². The number of hydrogen-bond donors (Lipinski definition) is 2. The second kappa shape index (κ2) is 7.07. The molecule has 0 saturated heterocycles. The van der Waals surface area contributed by atoms with Crippen LogP contribution in [0.5, 0.6) is 0 Å². The van der Waals surface area contributed by atoms with Crippen LogP contribution in [0, 0.1) is 0 Å². The summed E-state index contributed by atoms with van der Waals surface area (Å²) in [6, 6.07) is 9.71. The molecule has 1 aromatic rings. The minimum Gasteiger partial charge on any atom is -0.466 e. The molecule has 1 aromatic carbocycles. The predicted octanol–water partition coefficient (Wildman–Crippen LogP) is 1.60. The summed E-state index contributed by atoms with van der Waals surface area (Å²) < 4.78 is 4.62. The van der Waals surface area contributed by atoms with Crippen LogP contribution < -0.4 is 5.32 Å². The largest absolute Gasteiger partial charge is 0.466 e. The van der Waals surface area contributed by atoms with Gasteiger partial charge in [0.25, 0.3) is 0 Å². The number of aliphatic hydroxyl groups excluding tert-OH is 1. The standard InChI is InChI=1S/C15H21NO3/c1-12(14(18)19-3)9-10-16-15(2,11-17)13-7-5-4-6-8-13/h4-9,16-17H,10-11H2,1-3H3/b12-9+. The van der Waals surface area contributed by atoms with Gasteiger partial charge in [-0.15, -0.1) is 0 Å². The fourth-order valence-electron chi connectivity index (χ4n) is 1.73. The van der Waals surface area contributed by atoms with Crippen LogP contribution in [0.4, 0.5) is 0 Å². The van der Waals surface area contributed by atoms with Gasteiger partial charge in [0.05, 0.1) is 19.3 Å². The van der Waals surface area contributed by atoms with E-state index in [1.807, 2.05) is 37.3 Å². The number of rotatable bonds is 6. The van der Waals surface area contributed by atoms with E-state index in [1.165, 1.54) is 7.11 Å². The maximum Gasteiger partial charge on any atom is 0.333 e. The Balaban J connectivity index is 2.71. The zero-order chi connectivity index (χ0) is 14.3. The summed E-state index contributed by atoms with van der Waals surface area (Å²) in [4.78, 5) is 11.2. The van der Waals surface area contributed by atoms with Gasteiger partial charge >= 0.3 is 5.97 Å². The summed E-state index contributed by atoms with van der Waals surface area (Å²) in [7, 11) is 1.36. The number of hydrogen-bond acceptors (Lipinski definition) is 4. The molecule has 19 heavy (non-hydrogen) atoms. The Hall–Kier alpha value is -1.65. The van der Waals surface area contributed by atoms with E-state index in [9.17, 15) is 9.90 Å². The lowest BCUT2D eigenvalue weighted by molar-refractivity contribution is -0.136. The SMILES string of the molecule is COC(=O)/C(C)=C/CNC(C)(CO)c1ccccc1. The molecule has 0 radical (unpaired) electrons.